The average molecular weight is 599 g/mol. The predicted molar refractivity (Wildman–Crippen MR) is 150 cm³/mol. The van der Waals surface area contributed by atoms with Crippen molar-refractivity contribution in [3.63, 3.8) is 0 Å². The van der Waals surface area contributed by atoms with Crippen LogP contribution in [0.4, 0.5) is 8.78 Å². The lowest BCUT2D eigenvalue weighted by molar-refractivity contribution is -0.0848. The second kappa shape index (κ2) is 10.4. The van der Waals surface area contributed by atoms with Crippen LogP contribution in [0, 0.1) is 5.41 Å². The molecule has 3 aromatic heterocycles. The highest BCUT2D eigenvalue weighted by Crippen LogP contribution is 2.57. The number of fused-ring (bicyclic) bond motifs is 2. The minimum atomic E-state index is -2.96. The van der Waals surface area contributed by atoms with Crippen molar-refractivity contribution >= 4 is 28.2 Å². The van der Waals surface area contributed by atoms with Gasteiger partial charge in [-0.1, -0.05) is 0 Å². The molecule has 0 bridgehead atoms. The highest BCUT2D eigenvalue weighted by molar-refractivity contribution is 6.05. The van der Waals surface area contributed by atoms with E-state index >= 15 is 0 Å². The fraction of sp³-hybridized carbons (Fsp3) is 0.448. The molecular formula is C29H32F2N6O6. The first-order chi connectivity index (χ1) is 20.3. The number of ether oxygens (including phenoxy) is 3. The molecule has 0 saturated heterocycles. The summed E-state index contributed by atoms with van der Waals surface area (Å²) in [6.45, 7) is 0.136. The average Bonchev–Trinajstić information content (AvgIpc) is 3.46. The molecule has 2 aliphatic rings. The lowest BCUT2D eigenvalue weighted by Gasteiger charge is -2.57. The quantitative estimate of drug-likeness (QED) is 0.251. The summed E-state index contributed by atoms with van der Waals surface area (Å²) in [5, 5.41) is 21.4. The molecule has 2 aliphatic carbocycles. The maximum Gasteiger partial charge on any atom is 0.333 e. The molecule has 228 valence electrons. The third-order valence-electron chi connectivity index (χ3n) is 8.02. The zero-order valence-corrected chi connectivity index (χ0v) is 23.8. The first-order valence-corrected chi connectivity index (χ1v) is 13.8. The molecule has 4 aromatic rings. The van der Waals surface area contributed by atoms with E-state index in [1.807, 2.05) is 0 Å². The van der Waals surface area contributed by atoms with Crippen molar-refractivity contribution in [2.75, 3.05) is 13.7 Å². The normalized spacial score (nSPS) is 21.6. The van der Waals surface area contributed by atoms with E-state index in [0.717, 1.165) is 0 Å². The molecule has 1 aromatic carbocycles. The van der Waals surface area contributed by atoms with Gasteiger partial charge in [0.05, 0.1) is 29.9 Å². The van der Waals surface area contributed by atoms with Crippen LogP contribution in [0.2, 0.25) is 0 Å². The Balaban J connectivity index is 1.08. The third kappa shape index (κ3) is 5.42. The van der Waals surface area contributed by atoms with Crippen LogP contribution in [0.25, 0.3) is 16.4 Å². The fourth-order valence-corrected chi connectivity index (χ4v) is 6.05. The Hall–Kier alpha value is -4.46. The van der Waals surface area contributed by atoms with Crippen molar-refractivity contribution < 1.29 is 37.7 Å². The van der Waals surface area contributed by atoms with Crippen molar-refractivity contribution in [1.82, 2.24) is 24.7 Å². The van der Waals surface area contributed by atoms with Gasteiger partial charge in [-0.05, 0) is 69.2 Å². The van der Waals surface area contributed by atoms with Gasteiger partial charge in [0.25, 0.3) is 11.8 Å². The van der Waals surface area contributed by atoms with Crippen LogP contribution in [0.1, 0.15) is 66.9 Å². The zero-order valence-electron chi connectivity index (χ0n) is 23.8. The SMILES string of the molecule is COc1ccc2c(C(N)=O)c(OC3CC4(CC(NC(=O)c5nn(C(F)F)c6cc(OCC(C)(C)O)ccc56)C4)C3)nn2c1. The van der Waals surface area contributed by atoms with Crippen molar-refractivity contribution in [2.45, 2.75) is 63.8 Å². The Labute approximate surface area is 244 Å². The van der Waals surface area contributed by atoms with Crippen LogP contribution in [0.3, 0.4) is 0 Å². The number of nitrogens with one attached hydrogen (secondary N) is 1. The summed E-state index contributed by atoms with van der Waals surface area (Å²) in [5.41, 5.74) is 5.17. The van der Waals surface area contributed by atoms with Crippen LogP contribution < -0.4 is 25.3 Å². The Bertz CT molecular complexity index is 1710. The Morgan fingerprint density at radius 1 is 1.14 bits per heavy atom. The first-order valence-electron chi connectivity index (χ1n) is 13.8. The molecule has 4 N–H and O–H groups in total. The molecule has 6 rings (SSSR count). The lowest BCUT2D eigenvalue weighted by Crippen LogP contribution is -2.58. The summed E-state index contributed by atoms with van der Waals surface area (Å²) in [7, 11) is 1.53. The van der Waals surface area contributed by atoms with Crippen LogP contribution in [0.15, 0.2) is 36.5 Å². The van der Waals surface area contributed by atoms with Crippen LogP contribution in [-0.4, -0.2) is 67.8 Å². The summed E-state index contributed by atoms with van der Waals surface area (Å²) < 4.78 is 46.3. The summed E-state index contributed by atoms with van der Waals surface area (Å²) >= 11 is 0. The number of methoxy groups -OCH3 is 1. The molecular weight excluding hydrogens is 566 g/mol. The van der Waals surface area contributed by atoms with Crippen LogP contribution in [-0.2, 0) is 0 Å². The van der Waals surface area contributed by atoms with Crippen molar-refractivity contribution in [3.05, 3.63) is 47.8 Å². The van der Waals surface area contributed by atoms with Gasteiger partial charge in [-0.15, -0.1) is 5.10 Å². The van der Waals surface area contributed by atoms with E-state index in [1.165, 1.54) is 23.8 Å². The molecule has 2 saturated carbocycles. The van der Waals surface area contributed by atoms with Gasteiger partial charge in [-0.25, -0.2) is 9.20 Å². The van der Waals surface area contributed by atoms with Gasteiger partial charge >= 0.3 is 6.55 Å². The number of carbonyl (C=O) groups is 2. The molecule has 3 heterocycles. The number of nitrogens with two attached hydrogens (primary N) is 1. The van der Waals surface area contributed by atoms with E-state index in [-0.39, 0.29) is 58.0 Å². The maximum atomic E-state index is 13.8. The summed E-state index contributed by atoms with van der Waals surface area (Å²) in [6.07, 6.45) is 4.29. The van der Waals surface area contributed by atoms with Gasteiger partial charge in [0.1, 0.15) is 29.8 Å². The molecule has 43 heavy (non-hydrogen) atoms. The van der Waals surface area contributed by atoms with Gasteiger partial charge in [-0.3, -0.25) is 9.59 Å². The summed E-state index contributed by atoms with van der Waals surface area (Å²) in [4.78, 5) is 25.3. The number of primary amides is 1. The number of benzene rings is 1. The number of rotatable bonds is 10. The third-order valence-corrected chi connectivity index (χ3v) is 8.02. The largest absolute Gasteiger partial charge is 0.495 e. The van der Waals surface area contributed by atoms with Gasteiger partial charge in [0.2, 0.25) is 5.88 Å². The topological polar surface area (TPSA) is 155 Å². The highest BCUT2D eigenvalue weighted by Gasteiger charge is 2.54. The number of hydrogen-bond acceptors (Lipinski definition) is 8. The van der Waals surface area contributed by atoms with E-state index < -0.39 is 24.0 Å². The first kappa shape index (κ1) is 28.6. The molecule has 0 unspecified atom stereocenters. The van der Waals surface area contributed by atoms with Crippen molar-refractivity contribution in [2.24, 2.45) is 11.1 Å². The Morgan fingerprint density at radius 2 is 1.86 bits per heavy atom. The smallest absolute Gasteiger partial charge is 0.333 e. The van der Waals surface area contributed by atoms with Crippen LogP contribution >= 0.6 is 0 Å². The number of amides is 2. The van der Waals surface area contributed by atoms with Gasteiger partial charge < -0.3 is 30.4 Å². The maximum absolute atomic E-state index is 13.8. The molecule has 14 heteroatoms. The molecule has 12 nitrogen and oxygen atoms in total. The fourth-order valence-electron chi connectivity index (χ4n) is 6.05. The Morgan fingerprint density at radius 3 is 2.51 bits per heavy atom. The number of alkyl halides is 2. The molecule has 0 atom stereocenters. The highest BCUT2D eigenvalue weighted by atomic mass is 19.3. The molecule has 2 amide bonds. The van der Waals surface area contributed by atoms with Crippen molar-refractivity contribution in [3.8, 4) is 17.4 Å². The standard InChI is InChI=1S/C29H32F2N6O6/c1-28(2,40)14-42-16-4-6-19-21(8-16)37(27(30)31)34-23(19)25(39)33-15-9-29(10-15)11-18(12-29)43-26-22(24(32)38)20-7-5-17(41-3)13-36(20)35-26/h4-8,13,15,18,27,40H,9-12,14H2,1-3H3,(H2,32,38)(H,33,39). The minimum absolute atomic E-state index is 0.0188. The summed E-state index contributed by atoms with van der Waals surface area (Å²) in [6, 6.07) is 7.71. The zero-order chi connectivity index (χ0) is 30.7. The molecule has 0 aliphatic heterocycles. The number of nitrogens with zero attached hydrogens (tertiary/aromatic N) is 4. The van der Waals surface area contributed by atoms with E-state index in [2.05, 4.69) is 15.5 Å². The molecule has 0 radical (unpaired) electrons. The number of hydrogen-bond donors (Lipinski definition) is 3. The second-order valence-corrected chi connectivity index (χ2v) is 12.0. The van der Waals surface area contributed by atoms with Gasteiger partial charge in [0.15, 0.2) is 5.69 Å². The van der Waals surface area contributed by atoms with E-state index in [1.54, 1.807) is 38.2 Å². The van der Waals surface area contributed by atoms with Crippen molar-refractivity contribution in [1.29, 1.82) is 0 Å². The number of aliphatic hydroxyl groups is 1. The van der Waals surface area contributed by atoms with E-state index in [0.29, 0.717) is 41.6 Å². The van der Waals surface area contributed by atoms with Gasteiger partial charge in [-0.2, -0.15) is 13.9 Å². The number of aromatic nitrogens is 4. The predicted octanol–water partition coefficient (Wildman–Crippen LogP) is 3.46. The monoisotopic (exact) mass is 598 g/mol. The second-order valence-electron chi connectivity index (χ2n) is 12.0. The number of pyridine rings is 1. The van der Waals surface area contributed by atoms with Crippen LogP contribution in [0.5, 0.6) is 17.4 Å². The van der Waals surface area contributed by atoms with E-state index in [9.17, 15) is 23.5 Å². The number of halogens is 2. The molecule has 2 fully saturated rings. The van der Waals surface area contributed by atoms with E-state index in [4.69, 9.17) is 19.9 Å². The number of carbonyl (C=O) groups excluding carboxylic acids is 2. The van der Waals surface area contributed by atoms with Gasteiger partial charge in [0, 0.05) is 17.5 Å². The lowest BCUT2D eigenvalue weighted by atomic mass is 9.53. The summed E-state index contributed by atoms with van der Waals surface area (Å²) in [5.74, 6) is -0.169. The Kier molecular flexibility index (Phi) is 6.91. The minimum Gasteiger partial charge on any atom is -0.495 e. The molecule has 1 spiro atoms.